The second kappa shape index (κ2) is 5.83. The van der Waals surface area contributed by atoms with Crippen molar-refractivity contribution in [2.45, 2.75) is 11.5 Å². The van der Waals surface area contributed by atoms with Crippen molar-refractivity contribution in [1.82, 2.24) is 4.98 Å². The molecule has 0 fully saturated rings. The zero-order chi connectivity index (χ0) is 14.6. The highest BCUT2D eigenvalue weighted by Gasteiger charge is 2.10. The van der Waals surface area contributed by atoms with E-state index in [1.54, 1.807) is 24.5 Å². The molecule has 0 atom stereocenters. The van der Waals surface area contributed by atoms with Crippen LogP contribution in [0.1, 0.15) is 15.9 Å². The summed E-state index contributed by atoms with van der Waals surface area (Å²) in [7, 11) is -3.26. The number of carbonyl (C=O) groups is 1. The second-order valence-corrected chi connectivity index (χ2v) is 6.25. The molecule has 0 aliphatic rings. The SMILES string of the molecule is CS(=O)(=O)c1ccc(C(=O)OCc2cccnc2)cc1. The first-order valence-electron chi connectivity index (χ1n) is 5.83. The maximum atomic E-state index is 11.8. The molecule has 2 rings (SSSR count). The molecule has 2 aromatic rings. The fraction of sp³-hybridized carbons (Fsp3) is 0.143. The van der Waals surface area contributed by atoms with E-state index in [0.717, 1.165) is 11.8 Å². The number of esters is 1. The van der Waals surface area contributed by atoms with Crippen molar-refractivity contribution in [2.24, 2.45) is 0 Å². The van der Waals surface area contributed by atoms with Gasteiger partial charge in [0, 0.05) is 24.2 Å². The van der Waals surface area contributed by atoms with E-state index < -0.39 is 15.8 Å². The predicted octanol–water partition coefficient (Wildman–Crippen LogP) is 1.84. The van der Waals surface area contributed by atoms with Crippen LogP contribution in [0.15, 0.2) is 53.7 Å². The van der Waals surface area contributed by atoms with Crippen molar-refractivity contribution in [3.63, 3.8) is 0 Å². The molecule has 0 saturated carbocycles. The Kier molecular flexibility index (Phi) is 4.14. The van der Waals surface area contributed by atoms with Gasteiger partial charge in [0.2, 0.25) is 0 Å². The molecule has 0 spiro atoms. The van der Waals surface area contributed by atoms with Crippen molar-refractivity contribution in [2.75, 3.05) is 6.26 Å². The number of carbonyl (C=O) groups excluding carboxylic acids is 1. The summed E-state index contributed by atoms with van der Waals surface area (Å²) in [6, 6.07) is 9.19. The third-order valence-corrected chi connectivity index (χ3v) is 3.74. The minimum atomic E-state index is -3.26. The first-order valence-corrected chi connectivity index (χ1v) is 7.72. The summed E-state index contributed by atoms with van der Waals surface area (Å²) in [5, 5.41) is 0. The molecule has 6 heteroatoms. The van der Waals surface area contributed by atoms with E-state index in [2.05, 4.69) is 4.98 Å². The van der Waals surface area contributed by atoms with Gasteiger partial charge in [-0.1, -0.05) is 6.07 Å². The van der Waals surface area contributed by atoms with E-state index >= 15 is 0 Å². The number of hydrogen-bond acceptors (Lipinski definition) is 5. The van der Waals surface area contributed by atoms with Crippen LogP contribution in [0.4, 0.5) is 0 Å². The molecule has 0 aliphatic carbocycles. The molecule has 1 heterocycles. The van der Waals surface area contributed by atoms with Crippen LogP contribution < -0.4 is 0 Å². The van der Waals surface area contributed by atoms with Gasteiger partial charge in [-0.05, 0) is 30.3 Å². The molecular formula is C14H13NO4S. The summed E-state index contributed by atoms with van der Waals surface area (Å²) < 4.78 is 27.7. The van der Waals surface area contributed by atoms with Gasteiger partial charge in [-0.2, -0.15) is 0 Å². The lowest BCUT2D eigenvalue weighted by atomic mass is 10.2. The number of sulfone groups is 1. The third kappa shape index (κ3) is 3.64. The summed E-state index contributed by atoms with van der Waals surface area (Å²) in [5.41, 5.74) is 1.09. The van der Waals surface area contributed by atoms with Gasteiger partial charge >= 0.3 is 5.97 Å². The molecule has 0 bridgehead atoms. The first-order chi connectivity index (χ1) is 9.47. The number of aromatic nitrogens is 1. The fourth-order valence-electron chi connectivity index (χ4n) is 1.55. The van der Waals surface area contributed by atoms with Crippen LogP contribution in [-0.4, -0.2) is 25.6 Å². The molecule has 104 valence electrons. The van der Waals surface area contributed by atoms with Gasteiger partial charge in [0.05, 0.1) is 10.5 Å². The molecule has 0 unspecified atom stereocenters. The Morgan fingerprint density at radius 2 is 1.90 bits per heavy atom. The fourth-order valence-corrected chi connectivity index (χ4v) is 2.18. The zero-order valence-corrected chi connectivity index (χ0v) is 11.6. The standard InChI is InChI=1S/C14H13NO4S/c1-20(17,18)13-6-4-12(5-7-13)14(16)19-10-11-3-2-8-15-9-11/h2-9H,10H2,1H3. The van der Waals surface area contributed by atoms with Crippen molar-refractivity contribution in [3.05, 3.63) is 59.9 Å². The lowest BCUT2D eigenvalue weighted by Crippen LogP contribution is -2.06. The average Bonchev–Trinajstić information content (AvgIpc) is 2.45. The Morgan fingerprint density at radius 3 is 2.45 bits per heavy atom. The van der Waals surface area contributed by atoms with E-state index in [4.69, 9.17) is 4.74 Å². The molecule has 20 heavy (non-hydrogen) atoms. The Bertz CT molecular complexity index is 694. The summed E-state index contributed by atoms with van der Waals surface area (Å²) >= 11 is 0. The molecule has 0 aliphatic heterocycles. The van der Waals surface area contributed by atoms with Gasteiger partial charge in [-0.15, -0.1) is 0 Å². The number of rotatable bonds is 4. The largest absolute Gasteiger partial charge is 0.457 e. The lowest BCUT2D eigenvalue weighted by molar-refractivity contribution is 0.0472. The Hall–Kier alpha value is -2.21. The molecule has 0 radical (unpaired) electrons. The second-order valence-electron chi connectivity index (χ2n) is 4.23. The Labute approximate surface area is 117 Å². The first kappa shape index (κ1) is 14.2. The van der Waals surface area contributed by atoms with E-state index in [-0.39, 0.29) is 11.5 Å². The number of nitrogens with zero attached hydrogens (tertiary/aromatic N) is 1. The lowest BCUT2D eigenvalue weighted by Gasteiger charge is -2.05. The van der Waals surface area contributed by atoms with Crippen LogP contribution in [0.2, 0.25) is 0 Å². The van der Waals surface area contributed by atoms with Crippen LogP contribution >= 0.6 is 0 Å². The van der Waals surface area contributed by atoms with Crippen LogP contribution in [0.5, 0.6) is 0 Å². The quantitative estimate of drug-likeness (QED) is 0.804. The maximum Gasteiger partial charge on any atom is 0.338 e. The summed E-state index contributed by atoms with van der Waals surface area (Å²) in [4.78, 5) is 15.9. The van der Waals surface area contributed by atoms with E-state index in [1.807, 2.05) is 0 Å². The van der Waals surface area contributed by atoms with Crippen molar-refractivity contribution in [1.29, 1.82) is 0 Å². The highest BCUT2D eigenvalue weighted by molar-refractivity contribution is 7.90. The van der Waals surface area contributed by atoms with Gasteiger partial charge in [0.1, 0.15) is 6.61 Å². The van der Waals surface area contributed by atoms with E-state index in [1.165, 1.54) is 24.3 Å². The van der Waals surface area contributed by atoms with Gasteiger partial charge in [-0.3, -0.25) is 4.98 Å². The molecule has 0 amide bonds. The number of ether oxygens (including phenoxy) is 1. The topological polar surface area (TPSA) is 73.3 Å². The Morgan fingerprint density at radius 1 is 1.20 bits per heavy atom. The molecule has 0 saturated heterocycles. The molecule has 1 aromatic carbocycles. The molecule has 1 aromatic heterocycles. The van der Waals surface area contributed by atoms with E-state index in [0.29, 0.717) is 5.56 Å². The minimum Gasteiger partial charge on any atom is -0.457 e. The van der Waals surface area contributed by atoms with E-state index in [9.17, 15) is 13.2 Å². The third-order valence-electron chi connectivity index (χ3n) is 2.61. The average molecular weight is 291 g/mol. The van der Waals surface area contributed by atoms with Gasteiger partial charge < -0.3 is 4.74 Å². The van der Waals surface area contributed by atoms with Gasteiger partial charge in [-0.25, -0.2) is 13.2 Å². The number of hydrogen-bond donors (Lipinski definition) is 0. The molecular weight excluding hydrogens is 278 g/mol. The predicted molar refractivity (Wildman–Crippen MR) is 72.9 cm³/mol. The molecule has 0 N–H and O–H groups in total. The highest BCUT2D eigenvalue weighted by atomic mass is 32.2. The smallest absolute Gasteiger partial charge is 0.338 e. The highest BCUT2D eigenvalue weighted by Crippen LogP contribution is 2.12. The van der Waals surface area contributed by atoms with Gasteiger partial charge in [0.15, 0.2) is 9.84 Å². The van der Waals surface area contributed by atoms with Crippen molar-refractivity contribution in [3.8, 4) is 0 Å². The van der Waals surface area contributed by atoms with Crippen LogP contribution in [0.3, 0.4) is 0 Å². The van der Waals surface area contributed by atoms with Gasteiger partial charge in [0.25, 0.3) is 0 Å². The van der Waals surface area contributed by atoms with Crippen molar-refractivity contribution < 1.29 is 17.9 Å². The monoisotopic (exact) mass is 291 g/mol. The van der Waals surface area contributed by atoms with Crippen LogP contribution in [-0.2, 0) is 21.2 Å². The minimum absolute atomic E-state index is 0.125. The zero-order valence-electron chi connectivity index (χ0n) is 10.8. The maximum absolute atomic E-state index is 11.8. The summed E-state index contributed by atoms with van der Waals surface area (Å²) in [6.07, 6.45) is 4.36. The summed E-state index contributed by atoms with van der Waals surface area (Å²) in [5.74, 6) is -0.506. The number of benzene rings is 1. The van der Waals surface area contributed by atoms with Crippen LogP contribution in [0.25, 0.3) is 0 Å². The molecule has 5 nitrogen and oxygen atoms in total. The van der Waals surface area contributed by atoms with Crippen LogP contribution in [0, 0.1) is 0 Å². The van der Waals surface area contributed by atoms with Crippen molar-refractivity contribution >= 4 is 15.8 Å². The number of pyridine rings is 1. The summed E-state index contributed by atoms with van der Waals surface area (Å²) in [6.45, 7) is 0.125. The Balaban J connectivity index is 2.03. The normalized spacial score (nSPS) is 11.1.